The van der Waals surface area contributed by atoms with Gasteiger partial charge in [0, 0.05) is 47.8 Å². The number of anilines is 1. The van der Waals surface area contributed by atoms with E-state index in [0.29, 0.717) is 11.1 Å². The summed E-state index contributed by atoms with van der Waals surface area (Å²) in [6.45, 7) is 19.1. The number of unbranched alkanes of at least 4 members (excludes halogenated alkanes) is 12. The molecule has 1 aliphatic carbocycles. The van der Waals surface area contributed by atoms with E-state index in [0.717, 1.165) is 90.9 Å². The number of hydrogen-bond donors (Lipinski definition) is 0. The van der Waals surface area contributed by atoms with Gasteiger partial charge in [0.1, 0.15) is 0 Å². The molecule has 0 aromatic carbocycles. The van der Waals surface area contributed by atoms with Crippen LogP contribution in [0.4, 0.5) is 5.00 Å². The Morgan fingerprint density at radius 3 is 1.78 bits per heavy atom. The third kappa shape index (κ3) is 10.1. The second kappa shape index (κ2) is 19.7. The lowest BCUT2D eigenvalue weighted by Crippen LogP contribution is -2.30. The molecule has 0 saturated carbocycles. The van der Waals surface area contributed by atoms with Crippen molar-refractivity contribution in [2.24, 2.45) is 4.99 Å². The first kappa shape index (κ1) is 37.6. The lowest BCUT2D eigenvalue weighted by molar-refractivity contribution is -0.527. The van der Waals surface area contributed by atoms with Crippen molar-refractivity contribution in [2.75, 3.05) is 31.1 Å². The zero-order valence-corrected chi connectivity index (χ0v) is 31.2. The summed E-state index contributed by atoms with van der Waals surface area (Å²) in [5.41, 5.74) is 3.84. The Labute approximate surface area is 283 Å². The van der Waals surface area contributed by atoms with Gasteiger partial charge in [-0.3, -0.25) is 9.37 Å². The highest BCUT2D eigenvalue weighted by atomic mass is 32.2. The minimum absolute atomic E-state index is 0.0994. The molecule has 45 heavy (non-hydrogen) atoms. The maximum Gasteiger partial charge on any atom is 0.359 e. The van der Waals surface area contributed by atoms with Gasteiger partial charge in [0.2, 0.25) is 0 Å². The largest absolute Gasteiger partial charge is 0.871 e. The molecule has 0 atom stereocenters. The monoisotopic (exact) mass is 655 g/mol. The van der Waals surface area contributed by atoms with Crippen molar-refractivity contribution in [1.29, 1.82) is 0 Å². The molecule has 0 bridgehead atoms. The Morgan fingerprint density at radius 1 is 0.689 bits per heavy atom. The Morgan fingerprint density at radius 2 is 1.22 bits per heavy atom. The average Bonchev–Trinajstić information content (AvgIpc) is 3.54. The molecule has 0 amide bonds. The molecular weight excluding hydrogens is 595 g/mol. The number of rotatable bonds is 22. The molecule has 1 aromatic heterocycles. The quantitative estimate of drug-likeness (QED) is 0.0709. The predicted octanol–water partition coefficient (Wildman–Crippen LogP) is 9.98. The summed E-state index contributed by atoms with van der Waals surface area (Å²) >= 11 is 3.18. The van der Waals surface area contributed by atoms with Crippen LogP contribution in [-0.4, -0.2) is 47.4 Å². The predicted molar refractivity (Wildman–Crippen MR) is 197 cm³/mol. The van der Waals surface area contributed by atoms with Crippen molar-refractivity contribution in [2.45, 2.75) is 151 Å². The lowest BCUT2D eigenvalue weighted by atomic mass is 9.85. The van der Waals surface area contributed by atoms with Gasteiger partial charge in [-0.05, 0) is 55.7 Å². The van der Waals surface area contributed by atoms with Gasteiger partial charge in [0.05, 0.1) is 23.0 Å². The fourth-order valence-electron chi connectivity index (χ4n) is 6.13. The van der Waals surface area contributed by atoms with Crippen molar-refractivity contribution < 1.29 is 14.5 Å². The number of amidine groups is 1. The van der Waals surface area contributed by atoms with Crippen LogP contribution in [0.3, 0.4) is 0 Å². The molecule has 252 valence electrons. The van der Waals surface area contributed by atoms with E-state index in [-0.39, 0.29) is 11.5 Å². The first-order chi connectivity index (χ1) is 21.8. The van der Waals surface area contributed by atoms with Crippen LogP contribution in [0.1, 0.15) is 153 Å². The molecule has 1 aromatic rings. The van der Waals surface area contributed by atoms with Gasteiger partial charge >= 0.3 is 5.17 Å². The van der Waals surface area contributed by atoms with E-state index in [1.807, 2.05) is 6.92 Å². The third-order valence-electron chi connectivity index (χ3n) is 9.25. The molecule has 0 spiro atoms. The van der Waals surface area contributed by atoms with E-state index in [1.165, 1.54) is 86.5 Å². The number of carbonyl (C=O) groups excluding carboxylic acids is 1. The maximum absolute atomic E-state index is 13.7. The zero-order valence-electron chi connectivity index (χ0n) is 29.6. The minimum Gasteiger partial charge on any atom is -0.871 e. The molecule has 2 aliphatic rings. The number of aliphatic imine (C=N–C) groups is 1. The molecule has 0 unspecified atom stereocenters. The Balaban J connectivity index is 1.74. The van der Waals surface area contributed by atoms with E-state index in [9.17, 15) is 9.90 Å². The van der Waals surface area contributed by atoms with Gasteiger partial charge in [0.15, 0.2) is 11.5 Å². The summed E-state index contributed by atoms with van der Waals surface area (Å²) in [6, 6.07) is 0. The van der Waals surface area contributed by atoms with Crippen LogP contribution >= 0.6 is 23.1 Å². The highest BCUT2D eigenvalue weighted by molar-refractivity contribution is 8.18. The normalized spacial score (nSPS) is 16.6. The number of allylic oxidation sites excluding steroid dienone is 3. The van der Waals surface area contributed by atoms with Crippen molar-refractivity contribution in [1.82, 2.24) is 0 Å². The molecule has 1 aliphatic heterocycles. The first-order valence-corrected chi connectivity index (χ1v) is 19.8. The van der Waals surface area contributed by atoms with Crippen LogP contribution in [0, 0.1) is 13.8 Å². The van der Waals surface area contributed by atoms with Gasteiger partial charge < -0.3 is 10.0 Å². The van der Waals surface area contributed by atoms with Crippen LogP contribution in [0.5, 0.6) is 0 Å². The number of thioether (sulfide) groups is 1. The number of hydrogen-bond acceptors (Lipinski definition) is 5. The van der Waals surface area contributed by atoms with Crippen LogP contribution in [-0.2, 0) is 4.79 Å². The molecule has 3 rings (SSSR count). The van der Waals surface area contributed by atoms with Crippen LogP contribution in [0.2, 0.25) is 0 Å². The van der Waals surface area contributed by atoms with Crippen molar-refractivity contribution in [3.63, 3.8) is 0 Å². The molecule has 2 heterocycles. The van der Waals surface area contributed by atoms with Crippen molar-refractivity contribution in [3.8, 4) is 0 Å². The number of nitrogens with zero attached hydrogens (tertiary/aromatic N) is 3. The molecule has 0 N–H and O–H groups in total. The number of Topliss-reactive ketones (excluding diaryl/α,β-unsaturated/α-hetero) is 1. The molecule has 0 saturated heterocycles. The summed E-state index contributed by atoms with van der Waals surface area (Å²) in [7, 11) is 0. The Kier molecular flexibility index (Phi) is 16.5. The molecule has 0 radical (unpaired) electrons. The number of carbonyl (C=O) groups is 1. The SMILES string of the molecule is CCCCCCCCCCCCN(CCCC)c1sc(C2=C([O-])/C(=C3/SC(=[N+](CCCC)CCCC)N=C3C)C2=O)c(C)c1C. The second-order valence-electron chi connectivity index (χ2n) is 13.0. The summed E-state index contributed by atoms with van der Waals surface area (Å²) in [5.74, 6) is -0.199. The summed E-state index contributed by atoms with van der Waals surface area (Å²) in [5, 5.41) is 15.9. The maximum atomic E-state index is 13.7. The first-order valence-electron chi connectivity index (χ1n) is 18.2. The summed E-state index contributed by atoms with van der Waals surface area (Å²) in [6.07, 6.45) is 20.1. The zero-order chi connectivity index (χ0) is 32.8. The van der Waals surface area contributed by atoms with E-state index < -0.39 is 0 Å². The highest BCUT2D eigenvalue weighted by Gasteiger charge is 2.39. The smallest absolute Gasteiger partial charge is 0.359 e. The van der Waals surface area contributed by atoms with Gasteiger partial charge in [-0.25, -0.2) is 0 Å². The summed E-state index contributed by atoms with van der Waals surface area (Å²) < 4.78 is 2.34. The Hall–Kier alpha value is -1.86. The van der Waals surface area contributed by atoms with Gasteiger partial charge in [-0.15, -0.1) is 11.3 Å². The van der Waals surface area contributed by atoms with E-state index in [2.05, 4.69) is 51.0 Å². The average molecular weight is 656 g/mol. The van der Waals surface area contributed by atoms with Crippen molar-refractivity contribution in [3.05, 3.63) is 32.2 Å². The molecular formula is C38H61N3O2S2. The van der Waals surface area contributed by atoms with Crippen LogP contribution in [0.25, 0.3) is 5.57 Å². The van der Waals surface area contributed by atoms with E-state index in [1.54, 1.807) is 11.3 Å². The molecule has 7 heteroatoms. The van der Waals surface area contributed by atoms with Crippen molar-refractivity contribution >= 4 is 50.3 Å². The van der Waals surface area contributed by atoms with Gasteiger partial charge in [-0.1, -0.05) is 111 Å². The van der Waals surface area contributed by atoms with Gasteiger partial charge in [-0.2, -0.15) is 0 Å². The van der Waals surface area contributed by atoms with E-state index >= 15 is 0 Å². The Bertz CT molecular complexity index is 1240. The minimum atomic E-state index is -0.0994. The number of thiophene rings is 1. The summed E-state index contributed by atoms with van der Waals surface area (Å²) in [4.78, 5) is 22.7. The third-order valence-corrected chi connectivity index (χ3v) is 12.0. The standard InChI is InChI=1S/C38H61N3O2S2/c1-8-12-16-17-18-19-20-21-22-23-27-40(24-13-9-2)37-29(6)28(5)35(44-37)31-33(42)32(34(31)43)36-30(7)39-38(45-36)41(25-14-10-3)26-15-11-4/h8-27H2,1-7H3. The highest BCUT2D eigenvalue weighted by Crippen LogP contribution is 2.47. The van der Waals surface area contributed by atoms with Crippen LogP contribution in [0.15, 0.2) is 21.2 Å². The molecule has 0 fully saturated rings. The number of ketones is 1. The molecule has 5 nitrogen and oxygen atoms in total. The second-order valence-corrected chi connectivity index (χ2v) is 15.0. The van der Waals surface area contributed by atoms with E-state index in [4.69, 9.17) is 4.99 Å². The fraction of sp³-hybridized carbons (Fsp3) is 0.711. The van der Waals surface area contributed by atoms with Gasteiger partial charge in [0.25, 0.3) is 0 Å². The fourth-order valence-corrected chi connectivity index (χ4v) is 8.69. The topological polar surface area (TPSA) is 58.7 Å². The lowest BCUT2D eigenvalue weighted by Gasteiger charge is -2.31. The van der Waals surface area contributed by atoms with Crippen LogP contribution < -0.4 is 10.0 Å².